The predicted octanol–water partition coefficient (Wildman–Crippen LogP) is 2.54. The topological polar surface area (TPSA) is 62.3 Å². The van der Waals surface area contributed by atoms with Gasteiger partial charge < -0.3 is 5.32 Å². The first-order valence-electron chi connectivity index (χ1n) is 8.63. The summed E-state index contributed by atoms with van der Waals surface area (Å²) in [7, 11) is 0. The number of benzene rings is 1. The van der Waals surface area contributed by atoms with Crippen molar-refractivity contribution in [3.05, 3.63) is 65.5 Å². The number of carbonyl (C=O) groups excluding carboxylic acids is 2. The zero-order chi connectivity index (χ0) is 17.6. The molecule has 1 saturated heterocycles. The van der Waals surface area contributed by atoms with Crippen molar-refractivity contribution in [2.24, 2.45) is 5.92 Å². The van der Waals surface area contributed by atoms with Gasteiger partial charge in [0.2, 0.25) is 0 Å². The second-order valence-corrected chi connectivity index (χ2v) is 6.56. The van der Waals surface area contributed by atoms with E-state index in [0.717, 1.165) is 26.1 Å². The van der Waals surface area contributed by atoms with E-state index in [9.17, 15) is 9.59 Å². The summed E-state index contributed by atoms with van der Waals surface area (Å²) in [6.45, 7) is 5.00. The molecule has 2 aromatic rings. The molecule has 25 heavy (non-hydrogen) atoms. The maximum absolute atomic E-state index is 12.4. The molecule has 1 fully saturated rings. The van der Waals surface area contributed by atoms with Crippen molar-refractivity contribution >= 4 is 11.7 Å². The van der Waals surface area contributed by atoms with Gasteiger partial charge in [0.15, 0.2) is 5.78 Å². The van der Waals surface area contributed by atoms with Crippen molar-refractivity contribution in [1.82, 2.24) is 15.2 Å². The van der Waals surface area contributed by atoms with Gasteiger partial charge in [-0.15, -0.1) is 0 Å². The third-order valence-electron chi connectivity index (χ3n) is 4.60. The van der Waals surface area contributed by atoms with E-state index in [2.05, 4.69) is 21.3 Å². The van der Waals surface area contributed by atoms with Crippen LogP contribution in [0.1, 0.15) is 39.6 Å². The molecule has 1 aliphatic heterocycles. The molecular formula is C20H23N3O2. The van der Waals surface area contributed by atoms with E-state index in [-0.39, 0.29) is 11.7 Å². The van der Waals surface area contributed by atoms with Gasteiger partial charge in [0.1, 0.15) is 0 Å². The van der Waals surface area contributed by atoms with Crippen LogP contribution in [0.3, 0.4) is 0 Å². The summed E-state index contributed by atoms with van der Waals surface area (Å²) < 4.78 is 0. The van der Waals surface area contributed by atoms with Gasteiger partial charge in [0.05, 0.1) is 5.56 Å². The van der Waals surface area contributed by atoms with Crippen molar-refractivity contribution in [2.45, 2.75) is 19.9 Å². The number of likely N-dealkylation sites (tertiary alicyclic amines) is 1. The quantitative estimate of drug-likeness (QED) is 0.823. The number of carbonyl (C=O) groups is 2. The normalized spacial score (nSPS) is 17.4. The molecule has 3 rings (SSSR count). The van der Waals surface area contributed by atoms with Crippen molar-refractivity contribution in [1.29, 1.82) is 0 Å². The molecule has 130 valence electrons. The van der Waals surface area contributed by atoms with Crippen LogP contribution < -0.4 is 5.32 Å². The van der Waals surface area contributed by atoms with Crippen LogP contribution in [0.2, 0.25) is 0 Å². The van der Waals surface area contributed by atoms with Crippen molar-refractivity contribution < 1.29 is 9.59 Å². The summed E-state index contributed by atoms with van der Waals surface area (Å²) in [6.07, 6.45) is 4.74. The minimum Gasteiger partial charge on any atom is -0.352 e. The second kappa shape index (κ2) is 8.03. The van der Waals surface area contributed by atoms with E-state index in [0.29, 0.717) is 23.6 Å². The summed E-state index contributed by atoms with van der Waals surface area (Å²) in [5.41, 5.74) is 2.15. The molecular weight excluding hydrogens is 314 g/mol. The monoisotopic (exact) mass is 337 g/mol. The lowest BCUT2D eigenvalue weighted by atomic mass is 10.0. The first-order chi connectivity index (χ1) is 12.1. The summed E-state index contributed by atoms with van der Waals surface area (Å²) in [5, 5.41) is 2.99. The Morgan fingerprint density at radius 1 is 1.20 bits per heavy atom. The van der Waals surface area contributed by atoms with Gasteiger partial charge in [0, 0.05) is 37.6 Å². The molecule has 0 saturated carbocycles. The average molecular weight is 337 g/mol. The van der Waals surface area contributed by atoms with Gasteiger partial charge >= 0.3 is 0 Å². The molecule has 1 aromatic heterocycles. The number of nitrogens with zero attached hydrogens (tertiary/aromatic N) is 2. The van der Waals surface area contributed by atoms with Crippen molar-refractivity contribution in [3.8, 4) is 0 Å². The van der Waals surface area contributed by atoms with E-state index in [1.165, 1.54) is 12.5 Å². The Morgan fingerprint density at radius 3 is 2.72 bits per heavy atom. The van der Waals surface area contributed by atoms with E-state index in [4.69, 9.17) is 0 Å². The minimum absolute atomic E-state index is 0.0886. The highest BCUT2D eigenvalue weighted by atomic mass is 16.2. The predicted molar refractivity (Wildman–Crippen MR) is 96.4 cm³/mol. The van der Waals surface area contributed by atoms with Crippen LogP contribution in [0, 0.1) is 5.92 Å². The number of amides is 1. The Labute approximate surface area is 148 Å². The smallest absolute Gasteiger partial charge is 0.252 e. The lowest BCUT2D eigenvalue weighted by molar-refractivity contribution is 0.0933. The molecule has 1 unspecified atom stereocenters. The molecule has 1 atom stereocenters. The Hall–Kier alpha value is -2.53. The van der Waals surface area contributed by atoms with Gasteiger partial charge in [0.25, 0.3) is 5.91 Å². The number of nitrogens with one attached hydrogen (secondary N) is 1. The molecule has 1 aromatic carbocycles. The summed E-state index contributed by atoms with van der Waals surface area (Å²) in [4.78, 5) is 30.6. The Morgan fingerprint density at radius 2 is 2.00 bits per heavy atom. The number of Topliss-reactive ketones (excluding diaryl/α,β-unsaturated/α-hetero) is 1. The van der Waals surface area contributed by atoms with E-state index < -0.39 is 0 Å². The molecule has 0 bridgehead atoms. The van der Waals surface area contributed by atoms with Crippen LogP contribution in [-0.2, 0) is 6.54 Å². The van der Waals surface area contributed by atoms with Crippen LogP contribution in [0.25, 0.3) is 0 Å². The standard InChI is InChI=1S/C20H23N3O2/c1-15(24)18-6-2-3-7-19(18)20(25)22-12-17-8-10-23(14-17)13-16-5-4-9-21-11-16/h2-7,9,11,17H,8,10,12-14H2,1H3,(H,22,25). The molecule has 1 amide bonds. The maximum Gasteiger partial charge on any atom is 0.252 e. The number of ketones is 1. The van der Waals surface area contributed by atoms with Crippen LogP contribution in [0.15, 0.2) is 48.8 Å². The fourth-order valence-corrected chi connectivity index (χ4v) is 3.29. The lowest BCUT2D eigenvalue weighted by Crippen LogP contribution is -2.31. The molecule has 0 aliphatic carbocycles. The fraction of sp³-hybridized carbons (Fsp3) is 0.350. The number of rotatable bonds is 6. The van der Waals surface area contributed by atoms with Crippen LogP contribution >= 0.6 is 0 Å². The number of hydrogen-bond acceptors (Lipinski definition) is 4. The second-order valence-electron chi connectivity index (χ2n) is 6.56. The molecule has 2 heterocycles. The highest BCUT2D eigenvalue weighted by Crippen LogP contribution is 2.18. The highest BCUT2D eigenvalue weighted by molar-refractivity contribution is 6.07. The van der Waals surface area contributed by atoms with Crippen LogP contribution in [-0.4, -0.2) is 41.2 Å². The van der Waals surface area contributed by atoms with Crippen LogP contribution in [0.4, 0.5) is 0 Å². The van der Waals surface area contributed by atoms with Crippen molar-refractivity contribution in [2.75, 3.05) is 19.6 Å². The average Bonchev–Trinajstić information content (AvgIpc) is 3.08. The van der Waals surface area contributed by atoms with Gasteiger partial charge in [-0.05, 0) is 43.5 Å². The van der Waals surface area contributed by atoms with Gasteiger partial charge in [-0.3, -0.25) is 19.5 Å². The van der Waals surface area contributed by atoms with Gasteiger partial charge in [-0.1, -0.05) is 24.3 Å². The SMILES string of the molecule is CC(=O)c1ccccc1C(=O)NCC1CCN(Cc2cccnc2)C1. The molecule has 5 heteroatoms. The largest absolute Gasteiger partial charge is 0.352 e. The first-order valence-corrected chi connectivity index (χ1v) is 8.63. The van der Waals surface area contributed by atoms with E-state index in [1.807, 2.05) is 12.3 Å². The molecule has 0 radical (unpaired) electrons. The summed E-state index contributed by atoms with van der Waals surface area (Å²) in [6, 6.07) is 11.0. The lowest BCUT2D eigenvalue weighted by Gasteiger charge is -2.16. The van der Waals surface area contributed by atoms with E-state index >= 15 is 0 Å². The molecule has 5 nitrogen and oxygen atoms in total. The Kier molecular flexibility index (Phi) is 5.56. The van der Waals surface area contributed by atoms with Gasteiger partial charge in [-0.2, -0.15) is 0 Å². The zero-order valence-electron chi connectivity index (χ0n) is 14.4. The van der Waals surface area contributed by atoms with Crippen LogP contribution in [0.5, 0.6) is 0 Å². The third-order valence-corrected chi connectivity index (χ3v) is 4.60. The fourth-order valence-electron chi connectivity index (χ4n) is 3.29. The molecule has 1 N–H and O–H groups in total. The van der Waals surface area contributed by atoms with E-state index in [1.54, 1.807) is 30.5 Å². The Balaban J connectivity index is 1.51. The summed E-state index contributed by atoms with van der Waals surface area (Å²) >= 11 is 0. The molecule has 0 spiro atoms. The third kappa shape index (κ3) is 4.51. The number of pyridine rings is 1. The number of hydrogen-bond donors (Lipinski definition) is 1. The molecule has 1 aliphatic rings. The number of aromatic nitrogens is 1. The summed E-state index contributed by atoms with van der Waals surface area (Å²) in [5.74, 6) is 0.177. The maximum atomic E-state index is 12.4. The zero-order valence-corrected chi connectivity index (χ0v) is 14.4. The highest BCUT2D eigenvalue weighted by Gasteiger charge is 2.23. The van der Waals surface area contributed by atoms with Gasteiger partial charge in [-0.25, -0.2) is 0 Å². The van der Waals surface area contributed by atoms with Crippen molar-refractivity contribution in [3.63, 3.8) is 0 Å². The Bertz CT molecular complexity index is 746. The minimum atomic E-state index is -0.170. The first kappa shape index (κ1) is 17.3.